The van der Waals surface area contributed by atoms with E-state index in [4.69, 9.17) is 9.84 Å². The van der Waals surface area contributed by atoms with Gasteiger partial charge >= 0.3 is 0 Å². The smallest absolute Gasteiger partial charge is 0.263 e. The number of anilines is 2. The number of halogens is 2. The minimum absolute atomic E-state index is 0.146. The minimum Gasteiger partial charge on any atom is -0.378 e. The van der Waals surface area contributed by atoms with Gasteiger partial charge in [-0.25, -0.2) is 18.3 Å². The van der Waals surface area contributed by atoms with Crippen LogP contribution in [0, 0.1) is 6.92 Å². The molecule has 0 unspecified atom stereocenters. The maximum absolute atomic E-state index is 13.0. The van der Waals surface area contributed by atoms with Gasteiger partial charge in [-0.05, 0) is 31.2 Å². The zero-order chi connectivity index (χ0) is 23.7. The van der Waals surface area contributed by atoms with Crippen LogP contribution in [0.25, 0.3) is 16.9 Å². The maximum atomic E-state index is 13.0. The molecule has 0 atom stereocenters. The number of benzene rings is 1. The van der Waals surface area contributed by atoms with E-state index in [9.17, 15) is 13.6 Å². The number of rotatable bonds is 5. The van der Waals surface area contributed by atoms with Crippen molar-refractivity contribution >= 4 is 22.9 Å². The van der Waals surface area contributed by atoms with Gasteiger partial charge in [0.15, 0.2) is 5.65 Å². The molecule has 8 nitrogen and oxygen atoms in total. The highest BCUT2D eigenvalue weighted by atomic mass is 19.3. The maximum Gasteiger partial charge on any atom is 0.263 e. The van der Waals surface area contributed by atoms with E-state index in [0.717, 1.165) is 35.7 Å². The summed E-state index contributed by atoms with van der Waals surface area (Å²) in [6, 6.07) is 9.16. The van der Waals surface area contributed by atoms with E-state index in [1.54, 1.807) is 23.0 Å². The number of morpholine rings is 1. The topological polar surface area (TPSA) is 84.7 Å². The molecule has 1 N–H and O–H groups in total. The van der Waals surface area contributed by atoms with Crippen LogP contribution < -0.4 is 10.2 Å². The van der Waals surface area contributed by atoms with E-state index in [1.807, 2.05) is 13.0 Å². The SMILES string of the molecule is Cc1ncc(NC(=O)c2cccc(C(F)F)c2)cc1-c1cc(N2CCOCC2)c2nccn2n1. The molecule has 1 aromatic carbocycles. The highest BCUT2D eigenvalue weighted by Crippen LogP contribution is 2.30. The number of alkyl halides is 2. The average Bonchev–Trinajstić information content (AvgIpc) is 3.34. The zero-order valence-electron chi connectivity index (χ0n) is 18.4. The van der Waals surface area contributed by atoms with Crippen molar-refractivity contribution in [3.8, 4) is 11.3 Å². The van der Waals surface area contributed by atoms with Crippen LogP contribution >= 0.6 is 0 Å². The molecule has 4 aromatic rings. The third kappa shape index (κ3) is 4.32. The highest BCUT2D eigenvalue weighted by molar-refractivity contribution is 6.04. The number of carbonyl (C=O) groups is 1. The number of pyridine rings is 1. The average molecular weight is 464 g/mol. The number of aryl methyl sites for hydroxylation is 1. The first-order valence-electron chi connectivity index (χ1n) is 10.8. The van der Waals surface area contributed by atoms with Crippen molar-refractivity contribution in [3.05, 3.63) is 71.8 Å². The van der Waals surface area contributed by atoms with Crippen molar-refractivity contribution < 1.29 is 18.3 Å². The summed E-state index contributed by atoms with van der Waals surface area (Å²) in [7, 11) is 0. The van der Waals surface area contributed by atoms with Gasteiger partial charge in [0.25, 0.3) is 12.3 Å². The molecule has 0 radical (unpaired) electrons. The van der Waals surface area contributed by atoms with Gasteiger partial charge in [0.05, 0.1) is 36.5 Å². The number of nitrogens with one attached hydrogen (secondary N) is 1. The molecule has 1 fully saturated rings. The van der Waals surface area contributed by atoms with Crippen LogP contribution in [0.4, 0.5) is 20.2 Å². The third-order valence-corrected chi connectivity index (χ3v) is 5.71. The second kappa shape index (κ2) is 9.14. The summed E-state index contributed by atoms with van der Waals surface area (Å²) < 4.78 is 33.2. The summed E-state index contributed by atoms with van der Waals surface area (Å²) in [6.07, 6.45) is 2.37. The number of amides is 1. The van der Waals surface area contributed by atoms with Crippen LogP contribution in [-0.2, 0) is 4.74 Å². The summed E-state index contributed by atoms with van der Waals surface area (Å²) in [6.45, 7) is 4.63. The van der Waals surface area contributed by atoms with Gasteiger partial charge in [0.1, 0.15) is 0 Å². The molecule has 0 bridgehead atoms. The highest BCUT2D eigenvalue weighted by Gasteiger charge is 2.19. The normalized spacial score (nSPS) is 14.1. The first kappa shape index (κ1) is 21.9. The van der Waals surface area contributed by atoms with Gasteiger partial charge in [0.2, 0.25) is 0 Å². The largest absolute Gasteiger partial charge is 0.378 e. The van der Waals surface area contributed by atoms with Crippen molar-refractivity contribution in [2.75, 3.05) is 36.5 Å². The van der Waals surface area contributed by atoms with E-state index in [0.29, 0.717) is 24.6 Å². The molecule has 4 heterocycles. The van der Waals surface area contributed by atoms with Crippen molar-refractivity contribution in [1.82, 2.24) is 19.6 Å². The molecule has 174 valence electrons. The molecule has 10 heteroatoms. The van der Waals surface area contributed by atoms with E-state index < -0.39 is 12.3 Å². The summed E-state index contributed by atoms with van der Waals surface area (Å²) in [5.74, 6) is -0.494. The lowest BCUT2D eigenvalue weighted by atomic mass is 10.1. The lowest BCUT2D eigenvalue weighted by Crippen LogP contribution is -2.36. The number of ether oxygens (including phenoxy) is 1. The van der Waals surface area contributed by atoms with Gasteiger partial charge in [0, 0.05) is 47.9 Å². The van der Waals surface area contributed by atoms with Crippen LogP contribution in [0.2, 0.25) is 0 Å². The van der Waals surface area contributed by atoms with E-state index in [-0.39, 0.29) is 11.1 Å². The Balaban J connectivity index is 1.48. The standard InChI is InChI=1S/C24H22F2N6O2/c1-15-19(12-18(14-28-15)29-24(33)17-4-2-3-16(11-17)22(25)26)20-13-21(31-7-9-34-10-8-31)23-27-5-6-32(23)30-20/h2-6,11-14,22H,7-10H2,1H3,(H,29,33). The van der Waals surface area contributed by atoms with Crippen LogP contribution in [0.15, 0.2) is 55.0 Å². The fourth-order valence-electron chi connectivity index (χ4n) is 3.95. The fraction of sp³-hybridized carbons (Fsp3) is 0.250. The predicted octanol–water partition coefficient (Wildman–Crippen LogP) is 4.13. The Hall–Kier alpha value is -3.92. The summed E-state index contributed by atoms with van der Waals surface area (Å²) in [5.41, 5.74) is 4.22. The monoisotopic (exact) mass is 464 g/mol. The molecule has 3 aromatic heterocycles. The number of hydrogen-bond acceptors (Lipinski definition) is 6. The molecule has 0 spiro atoms. The second-order valence-corrected chi connectivity index (χ2v) is 7.95. The third-order valence-electron chi connectivity index (χ3n) is 5.71. The summed E-state index contributed by atoms with van der Waals surface area (Å²) >= 11 is 0. The Labute approximate surface area is 194 Å². The Morgan fingerprint density at radius 3 is 2.76 bits per heavy atom. The van der Waals surface area contributed by atoms with Crippen molar-refractivity contribution in [1.29, 1.82) is 0 Å². The van der Waals surface area contributed by atoms with Crippen molar-refractivity contribution in [2.24, 2.45) is 0 Å². The lowest BCUT2D eigenvalue weighted by molar-refractivity contribution is 0.102. The Bertz CT molecular complexity index is 1350. The molecular weight excluding hydrogens is 442 g/mol. The molecule has 0 saturated carbocycles. The molecule has 1 aliphatic heterocycles. The van der Waals surface area contributed by atoms with Crippen molar-refractivity contribution in [2.45, 2.75) is 13.3 Å². The molecule has 1 aliphatic rings. The molecular formula is C24H22F2N6O2. The Morgan fingerprint density at radius 2 is 1.97 bits per heavy atom. The van der Waals surface area contributed by atoms with Crippen LogP contribution in [0.5, 0.6) is 0 Å². The number of carbonyl (C=O) groups excluding carboxylic acids is 1. The number of aromatic nitrogens is 4. The Kier molecular flexibility index (Phi) is 5.89. The quantitative estimate of drug-likeness (QED) is 0.478. The fourth-order valence-corrected chi connectivity index (χ4v) is 3.95. The molecule has 1 saturated heterocycles. The molecule has 34 heavy (non-hydrogen) atoms. The molecule has 5 rings (SSSR count). The second-order valence-electron chi connectivity index (χ2n) is 7.95. The van der Waals surface area contributed by atoms with Gasteiger partial charge < -0.3 is 15.0 Å². The zero-order valence-corrected chi connectivity index (χ0v) is 18.4. The number of nitrogens with zero attached hydrogens (tertiary/aromatic N) is 5. The molecule has 0 aliphatic carbocycles. The number of hydrogen-bond donors (Lipinski definition) is 1. The number of fused-ring (bicyclic) bond motifs is 1. The van der Waals surface area contributed by atoms with Gasteiger partial charge in [-0.1, -0.05) is 12.1 Å². The lowest BCUT2D eigenvalue weighted by Gasteiger charge is -2.29. The first-order valence-corrected chi connectivity index (χ1v) is 10.8. The summed E-state index contributed by atoms with van der Waals surface area (Å²) in [5, 5.41) is 7.44. The Morgan fingerprint density at radius 1 is 1.15 bits per heavy atom. The van der Waals surface area contributed by atoms with E-state index >= 15 is 0 Å². The van der Waals surface area contributed by atoms with E-state index in [2.05, 4.69) is 20.2 Å². The van der Waals surface area contributed by atoms with Crippen LogP contribution in [0.1, 0.15) is 28.0 Å². The number of imidazole rings is 1. The van der Waals surface area contributed by atoms with Gasteiger partial charge in [-0.3, -0.25) is 9.78 Å². The summed E-state index contributed by atoms with van der Waals surface area (Å²) in [4.78, 5) is 23.8. The van der Waals surface area contributed by atoms with Gasteiger partial charge in [-0.15, -0.1) is 0 Å². The van der Waals surface area contributed by atoms with Crippen LogP contribution in [0.3, 0.4) is 0 Å². The molecule has 1 amide bonds. The van der Waals surface area contributed by atoms with Gasteiger partial charge in [-0.2, -0.15) is 5.10 Å². The first-order chi connectivity index (χ1) is 16.5. The van der Waals surface area contributed by atoms with E-state index in [1.165, 1.54) is 30.5 Å². The minimum atomic E-state index is -2.65. The predicted molar refractivity (Wildman–Crippen MR) is 123 cm³/mol. The van der Waals surface area contributed by atoms with Crippen molar-refractivity contribution in [3.63, 3.8) is 0 Å². The van der Waals surface area contributed by atoms with Crippen LogP contribution in [-0.4, -0.2) is 51.8 Å².